The fourth-order valence-corrected chi connectivity index (χ4v) is 3.98. The largest absolute Gasteiger partial charge is 0.488 e. The third-order valence-electron chi connectivity index (χ3n) is 3.92. The molecule has 2 aromatic carbocycles. The Morgan fingerprint density at radius 1 is 1.19 bits per heavy atom. The van der Waals surface area contributed by atoms with Crippen LogP contribution in [-0.4, -0.2) is 33.8 Å². The molecule has 0 saturated carbocycles. The summed E-state index contributed by atoms with van der Waals surface area (Å²) in [6.07, 6.45) is -0.742. The smallest absolute Gasteiger partial charge is 0.210 e. The van der Waals surface area contributed by atoms with Crippen LogP contribution in [0.4, 0.5) is 15.2 Å². The van der Waals surface area contributed by atoms with Crippen molar-refractivity contribution in [2.75, 3.05) is 17.7 Å². The second-order valence-electron chi connectivity index (χ2n) is 5.95. The number of aromatic nitrogens is 2. The summed E-state index contributed by atoms with van der Waals surface area (Å²) < 4.78 is 19.5. The summed E-state index contributed by atoms with van der Waals surface area (Å²) in [5.41, 5.74) is 3.38. The highest BCUT2D eigenvalue weighted by molar-refractivity contribution is 8.01. The molecule has 0 spiro atoms. The highest BCUT2D eigenvalue weighted by atomic mass is 32.2. The zero-order valence-corrected chi connectivity index (χ0v) is 16.6. The molecule has 1 atom stereocenters. The second-order valence-corrected chi connectivity index (χ2v) is 8.20. The van der Waals surface area contributed by atoms with Crippen molar-refractivity contribution < 1.29 is 14.2 Å². The number of benzene rings is 2. The summed E-state index contributed by atoms with van der Waals surface area (Å²) >= 11 is 2.81. The van der Waals surface area contributed by atoms with Gasteiger partial charge in [0.1, 0.15) is 6.61 Å². The minimum Gasteiger partial charge on any atom is -0.488 e. The van der Waals surface area contributed by atoms with Gasteiger partial charge < -0.3 is 15.2 Å². The summed E-state index contributed by atoms with van der Waals surface area (Å²) in [5, 5.41) is 22.3. The third-order valence-corrected chi connectivity index (χ3v) is 6.04. The van der Waals surface area contributed by atoms with E-state index >= 15 is 0 Å². The number of hydrogen-bond donors (Lipinski definition) is 2. The molecule has 0 aliphatic heterocycles. The number of ether oxygens (including phenoxy) is 1. The number of halogens is 1. The molecule has 8 heteroatoms. The highest BCUT2D eigenvalue weighted by Gasteiger charge is 2.12. The third kappa shape index (κ3) is 5.41. The standard InChI is InChI=1S/C19H20FN3O2S2/c1-12-6-5-8-16(13(12)2)21-18-22-23-19(27-18)26-11-14(24)10-25-17-9-4-3-7-15(17)20/h3-9,14,24H,10-11H2,1-2H3,(H,21,22)/t14-/m1/s1. The average Bonchev–Trinajstić information content (AvgIpc) is 3.10. The average molecular weight is 406 g/mol. The Balaban J connectivity index is 1.49. The van der Waals surface area contributed by atoms with Gasteiger partial charge in [-0.05, 0) is 43.2 Å². The Morgan fingerprint density at radius 2 is 2.00 bits per heavy atom. The number of nitrogens with zero attached hydrogens (tertiary/aromatic N) is 2. The zero-order valence-electron chi connectivity index (χ0n) is 15.0. The van der Waals surface area contributed by atoms with Crippen molar-refractivity contribution in [1.29, 1.82) is 0 Å². The molecular weight excluding hydrogens is 385 g/mol. The summed E-state index contributed by atoms with van der Waals surface area (Å²) in [5.74, 6) is 0.0770. The van der Waals surface area contributed by atoms with Gasteiger partial charge in [0.25, 0.3) is 0 Å². The number of rotatable bonds is 8. The first kappa shape index (κ1) is 19.6. The van der Waals surface area contributed by atoms with Gasteiger partial charge in [-0.3, -0.25) is 0 Å². The van der Waals surface area contributed by atoms with Gasteiger partial charge in [-0.2, -0.15) is 0 Å². The minimum absolute atomic E-state index is 0.0142. The van der Waals surface area contributed by atoms with Crippen molar-refractivity contribution >= 4 is 33.9 Å². The molecule has 1 heterocycles. The van der Waals surface area contributed by atoms with Gasteiger partial charge in [0, 0.05) is 11.4 Å². The summed E-state index contributed by atoms with van der Waals surface area (Å²) in [6.45, 7) is 4.13. The lowest BCUT2D eigenvalue weighted by molar-refractivity contribution is 0.123. The summed E-state index contributed by atoms with van der Waals surface area (Å²) in [7, 11) is 0. The molecule has 0 fully saturated rings. The Hall–Kier alpha value is -2.16. The molecule has 27 heavy (non-hydrogen) atoms. The van der Waals surface area contributed by atoms with Crippen molar-refractivity contribution in [1.82, 2.24) is 10.2 Å². The summed E-state index contributed by atoms with van der Waals surface area (Å²) in [6, 6.07) is 12.2. The number of para-hydroxylation sites is 1. The van der Waals surface area contributed by atoms with Gasteiger partial charge in [0.2, 0.25) is 5.13 Å². The van der Waals surface area contributed by atoms with Crippen LogP contribution in [0, 0.1) is 19.7 Å². The predicted molar refractivity (Wildman–Crippen MR) is 108 cm³/mol. The van der Waals surface area contributed by atoms with Crippen LogP contribution in [0.2, 0.25) is 0 Å². The van der Waals surface area contributed by atoms with Crippen LogP contribution in [0.3, 0.4) is 0 Å². The maximum atomic E-state index is 13.5. The lowest BCUT2D eigenvalue weighted by Crippen LogP contribution is -2.20. The Labute approximate surface area is 165 Å². The first-order valence-corrected chi connectivity index (χ1v) is 10.2. The molecule has 5 nitrogen and oxygen atoms in total. The molecule has 0 bridgehead atoms. The van der Waals surface area contributed by atoms with Crippen LogP contribution in [0.1, 0.15) is 11.1 Å². The molecule has 1 aromatic heterocycles. The lowest BCUT2D eigenvalue weighted by atomic mass is 10.1. The number of nitrogens with one attached hydrogen (secondary N) is 1. The maximum absolute atomic E-state index is 13.5. The van der Waals surface area contributed by atoms with Gasteiger partial charge in [-0.15, -0.1) is 10.2 Å². The van der Waals surface area contributed by atoms with Gasteiger partial charge in [0.05, 0.1) is 6.10 Å². The van der Waals surface area contributed by atoms with E-state index < -0.39 is 11.9 Å². The van der Waals surface area contributed by atoms with E-state index in [2.05, 4.69) is 35.4 Å². The molecule has 0 unspecified atom stereocenters. The van der Waals surface area contributed by atoms with E-state index in [1.807, 2.05) is 12.1 Å². The normalized spacial score (nSPS) is 12.0. The minimum atomic E-state index is -0.742. The molecule has 0 radical (unpaired) electrons. The molecule has 3 rings (SSSR count). The van der Waals surface area contributed by atoms with Crippen LogP contribution >= 0.6 is 23.1 Å². The number of hydrogen-bond acceptors (Lipinski definition) is 7. The monoisotopic (exact) mass is 405 g/mol. The number of aryl methyl sites for hydroxylation is 1. The van der Waals surface area contributed by atoms with E-state index in [-0.39, 0.29) is 12.4 Å². The second kappa shape index (κ2) is 9.16. The zero-order chi connectivity index (χ0) is 19.2. The van der Waals surface area contributed by atoms with E-state index in [0.29, 0.717) is 10.9 Å². The Kier molecular flexibility index (Phi) is 6.65. The lowest BCUT2D eigenvalue weighted by Gasteiger charge is -2.11. The first-order valence-electron chi connectivity index (χ1n) is 8.38. The Bertz CT molecular complexity index is 904. The fraction of sp³-hybridized carbons (Fsp3) is 0.263. The van der Waals surface area contributed by atoms with Gasteiger partial charge >= 0.3 is 0 Å². The van der Waals surface area contributed by atoms with Crippen LogP contribution < -0.4 is 10.1 Å². The number of anilines is 2. The number of thioether (sulfide) groups is 1. The quantitative estimate of drug-likeness (QED) is 0.535. The number of aliphatic hydroxyl groups excluding tert-OH is 1. The van der Waals surface area contributed by atoms with Crippen LogP contribution in [-0.2, 0) is 0 Å². The number of aliphatic hydroxyl groups is 1. The van der Waals surface area contributed by atoms with E-state index in [1.54, 1.807) is 12.1 Å². The van der Waals surface area contributed by atoms with Crippen molar-refractivity contribution in [2.45, 2.75) is 24.3 Å². The molecule has 2 N–H and O–H groups in total. The van der Waals surface area contributed by atoms with Gasteiger partial charge in [-0.25, -0.2) is 4.39 Å². The molecule has 3 aromatic rings. The van der Waals surface area contributed by atoms with E-state index in [9.17, 15) is 9.50 Å². The fourth-order valence-electron chi connectivity index (χ4n) is 2.28. The van der Waals surface area contributed by atoms with E-state index in [1.165, 1.54) is 46.4 Å². The molecular formula is C19H20FN3O2S2. The first-order chi connectivity index (χ1) is 13.0. The maximum Gasteiger partial charge on any atom is 0.210 e. The molecule has 0 saturated heterocycles. The van der Waals surface area contributed by atoms with E-state index in [4.69, 9.17) is 4.74 Å². The molecule has 0 aliphatic rings. The molecule has 0 amide bonds. The summed E-state index contributed by atoms with van der Waals surface area (Å²) in [4.78, 5) is 0. The molecule has 142 valence electrons. The van der Waals surface area contributed by atoms with Crippen molar-refractivity contribution in [3.63, 3.8) is 0 Å². The van der Waals surface area contributed by atoms with Crippen LogP contribution in [0.25, 0.3) is 0 Å². The molecule has 0 aliphatic carbocycles. The van der Waals surface area contributed by atoms with Crippen molar-refractivity contribution in [2.24, 2.45) is 0 Å². The topological polar surface area (TPSA) is 67.3 Å². The Morgan fingerprint density at radius 3 is 2.81 bits per heavy atom. The van der Waals surface area contributed by atoms with E-state index in [0.717, 1.165) is 10.0 Å². The van der Waals surface area contributed by atoms with Gasteiger partial charge in [0.15, 0.2) is 15.9 Å². The van der Waals surface area contributed by atoms with Crippen molar-refractivity contribution in [3.8, 4) is 5.75 Å². The van der Waals surface area contributed by atoms with Crippen molar-refractivity contribution in [3.05, 3.63) is 59.4 Å². The van der Waals surface area contributed by atoms with Crippen LogP contribution in [0.5, 0.6) is 5.75 Å². The SMILES string of the molecule is Cc1cccc(Nc2nnc(SC[C@H](O)COc3ccccc3F)s2)c1C. The highest BCUT2D eigenvalue weighted by Crippen LogP contribution is 2.29. The van der Waals surface area contributed by atoms with Gasteiger partial charge in [-0.1, -0.05) is 47.4 Å². The van der Waals surface area contributed by atoms with Crippen LogP contribution in [0.15, 0.2) is 46.8 Å². The predicted octanol–water partition coefficient (Wildman–Crippen LogP) is 4.57.